The molecule has 122 valence electrons. The molecule has 0 unspecified atom stereocenters. The van der Waals surface area contributed by atoms with Crippen molar-refractivity contribution in [3.63, 3.8) is 0 Å². The van der Waals surface area contributed by atoms with E-state index in [0.717, 1.165) is 16.6 Å². The fourth-order valence-electron chi connectivity index (χ4n) is 2.29. The molecule has 0 saturated carbocycles. The summed E-state index contributed by atoms with van der Waals surface area (Å²) in [6.07, 6.45) is 0. The number of nitrogens with zero attached hydrogens (tertiary/aromatic N) is 1. The fraction of sp³-hybridized carbons (Fsp3) is 0.0588. The summed E-state index contributed by atoms with van der Waals surface area (Å²) in [5.74, 6) is -0.599. The first kappa shape index (κ1) is 16.1. The zero-order valence-electron chi connectivity index (χ0n) is 12.8. The molecule has 5 N–H and O–H groups in total. The average molecular weight is 387 g/mol. The number of aromatic amines is 1. The van der Waals surface area contributed by atoms with Gasteiger partial charge in [-0.05, 0) is 49.4 Å². The molecule has 2 aromatic carbocycles. The van der Waals surface area contributed by atoms with Gasteiger partial charge < -0.3 is 15.8 Å². The van der Waals surface area contributed by atoms with E-state index in [1.165, 1.54) is 12.1 Å². The number of hydrogen-bond donors (Lipinski definition) is 4. The summed E-state index contributed by atoms with van der Waals surface area (Å²) in [6, 6.07) is 12.1. The molecule has 7 heteroatoms. The first-order chi connectivity index (χ1) is 11.4. The Morgan fingerprint density at radius 1 is 1.25 bits per heavy atom. The lowest BCUT2D eigenvalue weighted by Crippen LogP contribution is -2.19. The zero-order chi connectivity index (χ0) is 17.3. The number of anilines is 1. The fourth-order valence-corrected chi connectivity index (χ4v) is 2.65. The molecule has 1 aromatic heterocycles. The largest absolute Gasteiger partial charge is 0.507 e. The maximum absolute atomic E-state index is 12.1. The van der Waals surface area contributed by atoms with Crippen molar-refractivity contribution in [3.8, 4) is 5.75 Å². The Hall–Kier alpha value is -2.80. The summed E-state index contributed by atoms with van der Waals surface area (Å²) in [5, 5.41) is 14.8. The predicted octanol–water partition coefficient (Wildman–Crippen LogP) is 3.37. The van der Waals surface area contributed by atoms with E-state index in [4.69, 9.17) is 5.73 Å². The van der Waals surface area contributed by atoms with Crippen LogP contribution in [0.3, 0.4) is 0 Å². The number of nitrogen functional groups attached to an aromatic ring is 1. The van der Waals surface area contributed by atoms with Gasteiger partial charge in [0.15, 0.2) is 0 Å². The Kier molecular flexibility index (Phi) is 4.26. The van der Waals surface area contributed by atoms with Gasteiger partial charge in [-0.15, -0.1) is 0 Å². The van der Waals surface area contributed by atoms with Crippen LogP contribution in [0, 0.1) is 0 Å². The summed E-state index contributed by atoms with van der Waals surface area (Å²) < 4.78 is 0.694. The van der Waals surface area contributed by atoms with Crippen molar-refractivity contribution in [3.05, 3.63) is 58.2 Å². The number of halogens is 1. The molecule has 0 aliphatic carbocycles. The van der Waals surface area contributed by atoms with Gasteiger partial charge in [-0.25, -0.2) is 5.43 Å². The number of carbonyl (C=O) groups excluding carboxylic acids is 1. The second kappa shape index (κ2) is 6.37. The van der Waals surface area contributed by atoms with Crippen LogP contribution in [0.4, 0.5) is 5.69 Å². The molecule has 1 heterocycles. The van der Waals surface area contributed by atoms with E-state index in [0.29, 0.717) is 15.9 Å². The number of amides is 1. The SMILES string of the molecule is C/C(=N\NC(=O)c1cc(Br)ccc1O)c1cc2cc(N)ccc2[nH]1. The number of nitrogens with two attached hydrogens (primary N) is 1. The standard InChI is InChI=1S/C17H15BrN4O2/c1-9(15-7-10-6-12(19)3-4-14(10)20-15)21-22-17(24)13-8-11(18)2-5-16(13)23/h2-8,20,23H,19H2,1H3,(H,22,24)/b21-9+. The lowest BCUT2D eigenvalue weighted by atomic mass is 10.2. The topological polar surface area (TPSA) is 104 Å². The number of carbonyl (C=O) groups is 1. The molecule has 3 aromatic rings. The summed E-state index contributed by atoms with van der Waals surface area (Å²) in [6.45, 7) is 1.77. The third-order valence-electron chi connectivity index (χ3n) is 3.56. The van der Waals surface area contributed by atoms with Gasteiger partial charge in [0.05, 0.1) is 17.0 Å². The smallest absolute Gasteiger partial charge is 0.275 e. The van der Waals surface area contributed by atoms with Gasteiger partial charge in [-0.1, -0.05) is 15.9 Å². The molecule has 0 atom stereocenters. The number of rotatable bonds is 3. The first-order valence-corrected chi connectivity index (χ1v) is 7.95. The summed E-state index contributed by atoms with van der Waals surface area (Å²) in [4.78, 5) is 15.4. The highest BCUT2D eigenvalue weighted by molar-refractivity contribution is 9.10. The Balaban J connectivity index is 1.82. The number of hydrogen-bond acceptors (Lipinski definition) is 4. The van der Waals surface area contributed by atoms with Crippen molar-refractivity contribution in [2.24, 2.45) is 5.10 Å². The van der Waals surface area contributed by atoms with Gasteiger partial charge in [0.1, 0.15) is 5.75 Å². The second-order valence-corrected chi connectivity index (χ2v) is 6.24. The summed E-state index contributed by atoms with van der Waals surface area (Å²) in [5.41, 5.74) is 11.4. The molecular weight excluding hydrogens is 372 g/mol. The van der Waals surface area contributed by atoms with E-state index in [9.17, 15) is 9.90 Å². The quantitative estimate of drug-likeness (QED) is 0.315. The number of hydrazone groups is 1. The molecular formula is C17H15BrN4O2. The molecule has 0 aliphatic heterocycles. The van der Waals surface area contributed by atoms with Crippen LogP contribution in [0.2, 0.25) is 0 Å². The maximum atomic E-state index is 12.1. The molecule has 0 fully saturated rings. The van der Waals surface area contributed by atoms with Gasteiger partial charge in [-0.2, -0.15) is 5.10 Å². The minimum Gasteiger partial charge on any atom is -0.507 e. The van der Waals surface area contributed by atoms with Crippen LogP contribution in [-0.2, 0) is 0 Å². The molecule has 0 saturated heterocycles. The van der Waals surface area contributed by atoms with Crippen molar-refractivity contribution in [2.45, 2.75) is 6.92 Å². The van der Waals surface area contributed by atoms with Crippen LogP contribution < -0.4 is 11.2 Å². The number of benzene rings is 2. The molecule has 6 nitrogen and oxygen atoms in total. The minimum absolute atomic E-state index is 0.107. The van der Waals surface area contributed by atoms with E-state index in [1.54, 1.807) is 13.0 Å². The number of aromatic hydroxyl groups is 1. The van der Waals surface area contributed by atoms with Crippen molar-refractivity contribution in [1.29, 1.82) is 0 Å². The number of fused-ring (bicyclic) bond motifs is 1. The Labute approximate surface area is 146 Å². The van der Waals surface area contributed by atoms with E-state index < -0.39 is 5.91 Å². The normalized spacial score (nSPS) is 11.7. The van der Waals surface area contributed by atoms with Gasteiger partial charge in [0, 0.05) is 21.1 Å². The summed E-state index contributed by atoms with van der Waals surface area (Å²) in [7, 11) is 0. The Morgan fingerprint density at radius 2 is 2.04 bits per heavy atom. The lowest BCUT2D eigenvalue weighted by Gasteiger charge is -2.04. The van der Waals surface area contributed by atoms with E-state index in [1.807, 2.05) is 24.3 Å². The lowest BCUT2D eigenvalue weighted by molar-refractivity contribution is 0.0952. The van der Waals surface area contributed by atoms with Crippen LogP contribution in [0.15, 0.2) is 52.0 Å². The van der Waals surface area contributed by atoms with Crippen molar-refractivity contribution in [2.75, 3.05) is 5.73 Å². The monoisotopic (exact) mass is 386 g/mol. The van der Waals surface area contributed by atoms with Gasteiger partial charge >= 0.3 is 0 Å². The third kappa shape index (κ3) is 3.26. The molecule has 24 heavy (non-hydrogen) atoms. The van der Waals surface area contributed by atoms with Gasteiger partial charge in [-0.3, -0.25) is 4.79 Å². The van der Waals surface area contributed by atoms with Crippen molar-refractivity contribution >= 4 is 44.1 Å². The predicted molar refractivity (Wildman–Crippen MR) is 98.2 cm³/mol. The van der Waals surface area contributed by atoms with Crippen LogP contribution in [0.1, 0.15) is 23.0 Å². The maximum Gasteiger partial charge on any atom is 0.275 e. The molecule has 0 aliphatic rings. The number of phenols is 1. The van der Waals surface area contributed by atoms with Crippen LogP contribution in [-0.4, -0.2) is 21.7 Å². The van der Waals surface area contributed by atoms with Crippen molar-refractivity contribution < 1.29 is 9.90 Å². The second-order valence-electron chi connectivity index (χ2n) is 5.33. The summed E-state index contributed by atoms with van der Waals surface area (Å²) >= 11 is 3.26. The van der Waals surface area contributed by atoms with E-state index in [-0.39, 0.29) is 11.3 Å². The molecule has 0 spiro atoms. The van der Waals surface area contributed by atoms with Crippen LogP contribution in [0.25, 0.3) is 10.9 Å². The third-order valence-corrected chi connectivity index (χ3v) is 4.06. The number of nitrogens with one attached hydrogen (secondary N) is 2. The Bertz CT molecular complexity index is 962. The zero-order valence-corrected chi connectivity index (χ0v) is 14.4. The van der Waals surface area contributed by atoms with Crippen molar-refractivity contribution in [1.82, 2.24) is 10.4 Å². The van der Waals surface area contributed by atoms with Crippen LogP contribution in [0.5, 0.6) is 5.75 Å². The number of aromatic nitrogens is 1. The number of phenolic OH excluding ortho intramolecular Hbond substituents is 1. The minimum atomic E-state index is -0.492. The molecule has 3 rings (SSSR count). The van der Waals surface area contributed by atoms with E-state index >= 15 is 0 Å². The van der Waals surface area contributed by atoms with Gasteiger partial charge in [0.25, 0.3) is 5.91 Å². The van der Waals surface area contributed by atoms with E-state index in [2.05, 4.69) is 31.4 Å². The van der Waals surface area contributed by atoms with Gasteiger partial charge in [0.2, 0.25) is 0 Å². The Morgan fingerprint density at radius 3 is 2.83 bits per heavy atom. The van der Waals surface area contributed by atoms with Crippen LogP contribution >= 0.6 is 15.9 Å². The highest BCUT2D eigenvalue weighted by Gasteiger charge is 2.11. The molecule has 1 amide bonds. The average Bonchev–Trinajstić information content (AvgIpc) is 2.97. The molecule has 0 radical (unpaired) electrons. The number of H-pyrrole nitrogens is 1. The molecule has 0 bridgehead atoms. The highest BCUT2D eigenvalue weighted by atomic mass is 79.9. The first-order valence-electron chi connectivity index (χ1n) is 7.16. The highest BCUT2D eigenvalue weighted by Crippen LogP contribution is 2.22.